The Morgan fingerprint density at radius 1 is 1.29 bits per heavy atom. The summed E-state index contributed by atoms with van der Waals surface area (Å²) < 4.78 is 13.8. The fourth-order valence-electron chi connectivity index (χ4n) is 3.58. The SMILES string of the molecule is CCOc1cccc2sc(N(CCCN3CCOCC3)C(=O)c3ccnn3C)nc12.Cl. The number of halogens is 1. The molecule has 0 N–H and O–H groups in total. The summed E-state index contributed by atoms with van der Waals surface area (Å²) in [7, 11) is 1.78. The first-order chi connectivity index (χ1) is 14.7. The number of aryl methyl sites for hydroxylation is 1. The number of carbonyl (C=O) groups excluding carboxylic acids is 1. The predicted octanol–water partition coefficient (Wildman–Crippen LogP) is 3.22. The molecule has 1 aliphatic rings. The average molecular weight is 466 g/mol. The minimum atomic E-state index is -0.0889. The molecule has 1 aliphatic heterocycles. The van der Waals surface area contributed by atoms with Gasteiger partial charge in [-0.2, -0.15) is 5.10 Å². The number of thiazole rings is 1. The zero-order valence-corrected chi connectivity index (χ0v) is 19.5. The van der Waals surface area contributed by atoms with Crippen LogP contribution in [0.25, 0.3) is 10.2 Å². The van der Waals surface area contributed by atoms with Gasteiger partial charge in [0.15, 0.2) is 5.13 Å². The molecule has 0 aliphatic carbocycles. The van der Waals surface area contributed by atoms with Crippen LogP contribution in [0.15, 0.2) is 30.5 Å². The number of ether oxygens (including phenoxy) is 2. The van der Waals surface area contributed by atoms with E-state index in [1.807, 2.05) is 25.1 Å². The smallest absolute Gasteiger partial charge is 0.278 e. The molecule has 168 valence electrons. The van der Waals surface area contributed by atoms with Gasteiger partial charge in [-0.05, 0) is 31.5 Å². The highest BCUT2D eigenvalue weighted by Crippen LogP contribution is 2.34. The summed E-state index contributed by atoms with van der Waals surface area (Å²) >= 11 is 1.51. The molecule has 0 radical (unpaired) electrons. The lowest BCUT2D eigenvalue weighted by molar-refractivity contribution is 0.0376. The van der Waals surface area contributed by atoms with Gasteiger partial charge in [-0.3, -0.25) is 19.3 Å². The molecule has 0 spiro atoms. The van der Waals surface area contributed by atoms with Crippen molar-refractivity contribution < 1.29 is 14.3 Å². The van der Waals surface area contributed by atoms with Crippen LogP contribution in [0.2, 0.25) is 0 Å². The van der Waals surface area contributed by atoms with E-state index in [9.17, 15) is 4.79 Å². The van der Waals surface area contributed by atoms with Crippen LogP contribution in [0, 0.1) is 0 Å². The Balaban J connectivity index is 0.00000272. The molecule has 1 amide bonds. The molecule has 0 saturated carbocycles. The third kappa shape index (κ3) is 5.35. The van der Waals surface area contributed by atoms with Crippen molar-refractivity contribution in [2.45, 2.75) is 13.3 Å². The summed E-state index contributed by atoms with van der Waals surface area (Å²) in [6.07, 6.45) is 2.50. The number of hydrogen-bond acceptors (Lipinski definition) is 7. The molecule has 0 bridgehead atoms. The van der Waals surface area contributed by atoms with Crippen molar-refractivity contribution in [1.82, 2.24) is 19.7 Å². The fourth-order valence-corrected chi connectivity index (χ4v) is 4.59. The van der Waals surface area contributed by atoms with E-state index in [0.29, 0.717) is 24.0 Å². The molecule has 1 fully saturated rings. The molecule has 2 aromatic heterocycles. The number of hydrogen-bond donors (Lipinski definition) is 0. The molecule has 1 saturated heterocycles. The number of nitrogens with zero attached hydrogens (tertiary/aromatic N) is 5. The Bertz CT molecular complexity index is 1000. The minimum absolute atomic E-state index is 0. The summed E-state index contributed by atoms with van der Waals surface area (Å²) in [5, 5.41) is 4.84. The predicted molar refractivity (Wildman–Crippen MR) is 125 cm³/mol. The monoisotopic (exact) mass is 465 g/mol. The summed E-state index contributed by atoms with van der Waals surface area (Å²) in [5.41, 5.74) is 1.35. The van der Waals surface area contributed by atoms with E-state index in [1.54, 1.807) is 28.9 Å². The van der Waals surface area contributed by atoms with Gasteiger partial charge in [-0.1, -0.05) is 17.4 Å². The molecule has 4 rings (SSSR count). The molecule has 8 nitrogen and oxygen atoms in total. The van der Waals surface area contributed by atoms with Crippen molar-refractivity contribution in [3.05, 3.63) is 36.2 Å². The standard InChI is InChI=1S/C21H27N5O3S.ClH/c1-3-29-17-6-4-7-18-19(17)23-21(30-18)26(20(27)16-8-9-22-24(16)2)11-5-10-25-12-14-28-15-13-25;/h4,6-9H,3,5,10-15H2,1-2H3;1H. The number of morpholine rings is 1. The highest BCUT2D eigenvalue weighted by atomic mass is 35.5. The van der Waals surface area contributed by atoms with Gasteiger partial charge < -0.3 is 9.47 Å². The van der Waals surface area contributed by atoms with E-state index in [-0.39, 0.29) is 18.3 Å². The van der Waals surface area contributed by atoms with Gasteiger partial charge >= 0.3 is 0 Å². The highest BCUT2D eigenvalue weighted by molar-refractivity contribution is 7.22. The number of fused-ring (bicyclic) bond motifs is 1. The van der Waals surface area contributed by atoms with Crippen molar-refractivity contribution in [2.75, 3.05) is 50.9 Å². The van der Waals surface area contributed by atoms with Crippen molar-refractivity contribution in [3.63, 3.8) is 0 Å². The van der Waals surface area contributed by atoms with Crippen LogP contribution in [0.5, 0.6) is 5.75 Å². The number of anilines is 1. The highest BCUT2D eigenvalue weighted by Gasteiger charge is 2.24. The van der Waals surface area contributed by atoms with Crippen molar-refractivity contribution in [3.8, 4) is 5.75 Å². The number of benzene rings is 1. The van der Waals surface area contributed by atoms with Crippen LogP contribution in [-0.2, 0) is 11.8 Å². The summed E-state index contributed by atoms with van der Waals surface area (Å²) in [6.45, 7) is 7.46. The second kappa shape index (κ2) is 10.9. The zero-order valence-electron chi connectivity index (χ0n) is 17.8. The quantitative estimate of drug-likeness (QED) is 0.508. The number of rotatable bonds is 8. The van der Waals surface area contributed by atoms with Crippen molar-refractivity contribution in [1.29, 1.82) is 0 Å². The third-order valence-electron chi connectivity index (χ3n) is 5.15. The van der Waals surface area contributed by atoms with Gasteiger partial charge in [-0.25, -0.2) is 4.98 Å². The van der Waals surface area contributed by atoms with E-state index >= 15 is 0 Å². The first-order valence-electron chi connectivity index (χ1n) is 10.3. The third-order valence-corrected chi connectivity index (χ3v) is 6.19. The first-order valence-corrected chi connectivity index (χ1v) is 11.1. The second-order valence-electron chi connectivity index (χ2n) is 7.14. The number of aromatic nitrogens is 3. The number of para-hydroxylation sites is 1. The Hall–Kier alpha value is -2.20. The van der Waals surface area contributed by atoms with E-state index in [2.05, 4.69) is 10.00 Å². The maximum absolute atomic E-state index is 13.4. The summed E-state index contributed by atoms with van der Waals surface area (Å²) in [5.74, 6) is 0.660. The van der Waals surface area contributed by atoms with Gasteiger partial charge in [0.05, 0.1) is 24.5 Å². The molecule has 3 heterocycles. The van der Waals surface area contributed by atoms with Crippen molar-refractivity contribution in [2.24, 2.45) is 7.05 Å². The largest absolute Gasteiger partial charge is 0.492 e. The maximum Gasteiger partial charge on any atom is 0.278 e. The van der Waals surface area contributed by atoms with Gasteiger partial charge in [0.25, 0.3) is 5.91 Å². The van der Waals surface area contributed by atoms with E-state index in [0.717, 1.165) is 55.2 Å². The van der Waals surface area contributed by atoms with Crippen LogP contribution in [0.1, 0.15) is 23.8 Å². The van der Waals surface area contributed by atoms with E-state index in [4.69, 9.17) is 14.5 Å². The second-order valence-corrected chi connectivity index (χ2v) is 8.15. The summed E-state index contributed by atoms with van der Waals surface area (Å²) in [6, 6.07) is 7.64. The lowest BCUT2D eigenvalue weighted by Crippen LogP contribution is -2.39. The molecule has 3 aromatic rings. The number of amides is 1. The fraction of sp³-hybridized carbons (Fsp3) is 0.476. The minimum Gasteiger partial charge on any atom is -0.492 e. The maximum atomic E-state index is 13.4. The van der Waals surface area contributed by atoms with E-state index in [1.165, 1.54) is 11.3 Å². The topological polar surface area (TPSA) is 72.7 Å². The molecule has 1 aromatic carbocycles. The Labute approximate surface area is 192 Å². The van der Waals surface area contributed by atoms with Gasteiger partial charge in [-0.15, -0.1) is 12.4 Å². The lowest BCUT2D eigenvalue weighted by Gasteiger charge is -2.27. The molecule has 0 unspecified atom stereocenters. The van der Waals surface area contributed by atoms with E-state index < -0.39 is 0 Å². The molecular formula is C21H28ClN5O3S. The number of carbonyl (C=O) groups is 1. The normalized spacial score (nSPS) is 14.4. The van der Waals surface area contributed by atoms with Crippen LogP contribution in [0.3, 0.4) is 0 Å². The molecular weight excluding hydrogens is 438 g/mol. The zero-order chi connectivity index (χ0) is 20.9. The molecule has 0 atom stereocenters. The van der Waals surface area contributed by atoms with Crippen LogP contribution in [0.4, 0.5) is 5.13 Å². The Morgan fingerprint density at radius 3 is 2.81 bits per heavy atom. The van der Waals surface area contributed by atoms with Crippen LogP contribution >= 0.6 is 23.7 Å². The molecule has 31 heavy (non-hydrogen) atoms. The van der Waals surface area contributed by atoms with Crippen LogP contribution in [-0.4, -0.2) is 71.6 Å². The Kier molecular flexibility index (Phi) is 8.25. The van der Waals surface area contributed by atoms with Gasteiger partial charge in [0.2, 0.25) is 0 Å². The van der Waals surface area contributed by atoms with Crippen LogP contribution < -0.4 is 9.64 Å². The lowest BCUT2D eigenvalue weighted by atomic mass is 10.3. The van der Waals surface area contributed by atoms with Gasteiger partial charge in [0.1, 0.15) is 17.0 Å². The summed E-state index contributed by atoms with van der Waals surface area (Å²) in [4.78, 5) is 22.3. The first kappa shape index (κ1) is 23.5. The molecule has 10 heteroatoms. The average Bonchev–Trinajstić information content (AvgIpc) is 3.38. The van der Waals surface area contributed by atoms with Crippen molar-refractivity contribution >= 4 is 45.0 Å². The Morgan fingerprint density at radius 2 is 2.10 bits per heavy atom. The van der Waals surface area contributed by atoms with Gasteiger partial charge in [0, 0.05) is 39.4 Å².